The van der Waals surface area contributed by atoms with Gasteiger partial charge in [0.25, 0.3) is 0 Å². The van der Waals surface area contributed by atoms with Gasteiger partial charge < -0.3 is 10.1 Å². The summed E-state index contributed by atoms with van der Waals surface area (Å²) in [6, 6.07) is 0. The molecule has 3 heteroatoms. The van der Waals surface area contributed by atoms with Crippen LogP contribution in [0.4, 0.5) is 0 Å². The molecule has 0 aromatic carbocycles. The maximum absolute atomic E-state index is 9.82. The molecule has 0 spiro atoms. The van der Waals surface area contributed by atoms with Gasteiger partial charge in [-0.15, -0.1) is 0 Å². The maximum atomic E-state index is 9.82. The van der Waals surface area contributed by atoms with Crippen molar-refractivity contribution in [3.8, 4) is 0 Å². The normalized spacial score (nSPS) is 13.6. The van der Waals surface area contributed by atoms with Crippen LogP contribution in [0.3, 0.4) is 0 Å². The van der Waals surface area contributed by atoms with Crippen molar-refractivity contribution in [3.05, 3.63) is 12.2 Å². The fraction of sp³-hybridized carbons (Fsp3) is 0.500. The van der Waals surface area contributed by atoms with Crippen molar-refractivity contribution in [2.24, 2.45) is 0 Å². The number of ether oxygens (including phenoxy) is 1. The van der Waals surface area contributed by atoms with Crippen LogP contribution < -0.4 is 5.32 Å². The molecule has 0 saturated heterocycles. The lowest BCUT2D eigenvalue weighted by atomic mass is 10.5. The van der Waals surface area contributed by atoms with Crippen molar-refractivity contribution >= 4 is 6.41 Å². The van der Waals surface area contributed by atoms with Crippen LogP contribution in [-0.4, -0.2) is 19.7 Å². The highest BCUT2D eigenvalue weighted by Gasteiger charge is 1.94. The van der Waals surface area contributed by atoms with Gasteiger partial charge in [-0.1, -0.05) is 6.08 Å². The van der Waals surface area contributed by atoms with Gasteiger partial charge in [-0.3, -0.25) is 4.79 Å². The molecule has 1 atom stereocenters. The Morgan fingerprint density at radius 1 is 1.67 bits per heavy atom. The number of methoxy groups -OCH3 is 1. The molecule has 0 aromatic heterocycles. The van der Waals surface area contributed by atoms with Crippen molar-refractivity contribution < 1.29 is 9.53 Å². The molecule has 0 aliphatic heterocycles. The Morgan fingerprint density at radius 2 is 2.33 bits per heavy atom. The average molecular weight is 129 g/mol. The minimum absolute atomic E-state index is 0.285. The van der Waals surface area contributed by atoms with Crippen molar-refractivity contribution in [3.63, 3.8) is 0 Å². The van der Waals surface area contributed by atoms with E-state index in [0.29, 0.717) is 6.41 Å². The third-order valence-corrected chi connectivity index (χ3v) is 0.853. The Bertz CT molecular complexity index is 101. The Morgan fingerprint density at radius 3 is 2.67 bits per heavy atom. The molecule has 52 valence electrons. The minimum atomic E-state index is -0.285. The molecule has 0 radical (unpaired) electrons. The van der Waals surface area contributed by atoms with Gasteiger partial charge in [0.05, 0.1) is 0 Å². The quantitative estimate of drug-likeness (QED) is 0.336. The third kappa shape index (κ3) is 3.73. The lowest BCUT2D eigenvalue weighted by Crippen LogP contribution is -2.26. The summed E-state index contributed by atoms with van der Waals surface area (Å²) in [4.78, 5) is 9.82. The molecule has 1 amide bonds. The predicted octanol–water partition coefficient (Wildman–Crippen LogP) is 0.281. The molecule has 3 nitrogen and oxygen atoms in total. The molecule has 0 bridgehead atoms. The topological polar surface area (TPSA) is 38.3 Å². The highest BCUT2D eigenvalue weighted by Crippen LogP contribution is 1.83. The SMILES string of the molecule is C/C=C/C(NC=O)OC. The van der Waals surface area contributed by atoms with E-state index < -0.39 is 0 Å². The molecule has 0 fully saturated rings. The predicted molar refractivity (Wildman–Crippen MR) is 34.8 cm³/mol. The van der Waals surface area contributed by atoms with E-state index in [1.54, 1.807) is 6.08 Å². The molecule has 1 N–H and O–H groups in total. The van der Waals surface area contributed by atoms with Crippen LogP contribution in [0.25, 0.3) is 0 Å². The first kappa shape index (κ1) is 8.17. The highest BCUT2D eigenvalue weighted by molar-refractivity contribution is 5.46. The number of nitrogens with one attached hydrogen (secondary N) is 1. The second-order valence-electron chi connectivity index (χ2n) is 1.47. The number of allylic oxidation sites excluding steroid dienone is 1. The highest BCUT2D eigenvalue weighted by atomic mass is 16.5. The molecule has 0 rings (SSSR count). The molecule has 0 aromatic rings. The smallest absolute Gasteiger partial charge is 0.209 e. The van der Waals surface area contributed by atoms with E-state index in [1.165, 1.54) is 7.11 Å². The van der Waals surface area contributed by atoms with Gasteiger partial charge in [0.1, 0.15) is 6.23 Å². The first-order valence-corrected chi connectivity index (χ1v) is 2.70. The zero-order valence-electron chi connectivity index (χ0n) is 5.63. The van der Waals surface area contributed by atoms with Crippen LogP contribution in [0, 0.1) is 0 Å². The van der Waals surface area contributed by atoms with Crippen molar-refractivity contribution in [2.45, 2.75) is 13.2 Å². The molecular formula is C6H11NO2. The number of carbonyl (C=O) groups excluding carboxylic acids is 1. The molecule has 9 heavy (non-hydrogen) atoms. The van der Waals surface area contributed by atoms with E-state index >= 15 is 0 Å². The number of carbonyl (C=O) groups is 1. The largest absolute Gasteiger partial charge is 0.358 e. The lowest BCUT2D eigenvalue weighted by Gasteiger charge is -2.06. The van der Waals surface area contributed by atoms with Crippen LogP contribution in [0.2, 0.25) is 0 Å². The van der Waals surface area contributed by atoms with Crippen molar-refractivity contribution in [2.75, 3.05) is 7.11 Å². The van der Waals surface area contributed by atoms with E-state index in [1.807, 2.05) is 13.0 Å². The van der Waals surface area contributed by atoms with Crippen LogP contribution >= 0.6 is 0 Å². The second kappa shape index (κ2) is 5.31. The lowest BCUT2D eigenvalue weighted by molar-refractivity contribution is -0.111. The number of hydrogen-bond acceptors (Lipinski definition) is 2. The summed E-state index contributed by atoms with van der Waals surface area (Å²) < 4.78 is 4.80. The molecule has 0 aliphatic carbocycles. The van der Waals surface area contributed by atoms with Gasteiger partial charge in [-0.2, -0.15) is 0 Å². The van der Waals surface area contributed by atoms with Crippen LogP contribution in [-0.2, 0) is 9.53 Å². The van der Waals surface area contributed by atoms with Crippen LogP contribution in [0.1, 0.15) is 6.92 Å². The minimum Gasteiger partial charge on any atom is -0.358 e. The number of amides is 1. The summed E-state index contributed by atoms with van der Waals surface area (Å²) >= 11 is 0. The Kier molecular flexibility index (Phi) is 4.82. The maximum Gasteiger partial charge on any atom is 0.209 e. The molecule has 0 heterocycles. The average Bonchev–Trinajstić information content (AvgIpc) is 1.88. The zero-order chi connectivity index (χ0) is 7.11. The summed E-state index contributed by atoms with van der Waals surface area (Å²) in [5.41, 5.74) is 0. The monoisotopic (exact) mass is 129 g/mol. The second-order valence-corrected chi connectivity index (χ2v) is 1.47. The van der Waals surface area contributed by atoms with Gasteiger partial charge >= 0.3 is 0 Å². The molecular weight excluding hydrogens is 118 g/mol. The van der Waals surface area contributed by atoms with E-state index in [9.17, 15) is 4.79 Å². The Hall–Kier alpha value is -0.830. The van der Waals surface area contributed by atoms with E-state index in [4.69, 9.17) is 4.74 Å². The van der Waals surface area contributed by atoms with E-state index in [-0.39, 0.29) is 6.23 Å². The third-order valence-electron chi connectivity index (χ3n) is 0.853. The van der Waals surface area contributed by atoms with Gasteiger partial charge in [-0.05, 0) is 13.0 Å². The van der Waals surface area contributed by atoms with Crippen LogP contribution in [0.5, 0.6) is 0 Å². The number of rotatable bonds is 4. The molecule has 0 saturated carbocycles. The first-order chi connectivity index (χ1) is 4.35. The van der Waals surface area contributed by atoms with Gasteiger partial charge in [0.2, 0.25) is 6.41 Å². The fourth-order valence-electron chi connectivity index (χ4n) is 0.444. The van der Waals surface area contributed by atoms with Gasteiger partial charge in [0, 0.05) is 7.11 Å². The van der Waals surface area contributed by atoms with Crippen molar-refractivity contribution in [1.29, 1.82) is 0 Å². The Balaban J connectivity index is 3.53. The van der Waals surface area contributed by atoms with E-state index in [2.05, 4.69) is 5.32 Å². The summed E-state index contributed by atoms with van der Waals surface area (Å²) in [6.07, 6.45) is 3.88. The van der Waals surface area contributed by atoms with Crippen LogP contribution in [0.15, 0.2) is 12.2 Å². The fourth-order valence-corrected chi connectivity index (χ4v) is 0.444. The molecule has 1 unspecified atom stereocenters. The summed E-state index contributed by atoms with van der Waals surface area (Å²) in [7, 11) is 1.53. The van der Waals surface area contributed by atoms with Crippen molar-refractivity contribution in [1.82, 2.24) is 5.32 Å². The first-order valence-electron chi connectivity index (χ1n) is 2.70. The standard InChI is InChI=1S/C6H11NO2/c1-3-4-6(9-2)7-5-8/h3-6H,1-2H3,(H,7,8)/b4-3+. The molecule has 0 aliphatic rings. The van der Waals surface area contributed by atoms with E-state index in [0.717, 1.165) is 0 Å². The summed E-state index contributed by atoms with van der Waals surface area (Å²) in [5.74, 6) is 0. The summed E-state index contributed by atoms with van der Waals surface area (Å²) in [5, 5.41) is 2.44. The summed E-state index contributed by atoms with van der Waals surface area (Å²) in [6.45, 7) is 1.86. The Labute approximate surface area is 54.7 Å². The number of hydrogen-bond donors (Lipinski definition) is 1. The van der Waals surface area contributed by atoms with Gasteiger partial charge in [0.15, 0.2) is 0 Å². The zero-order valence-corrected chi connectivity index (χ0v) is 5.63. The van der Waals surface area contributed by atoms with Gasteiger partial charge in [-0.25, -0.2) is 0 Å².